The lowest BCUT2D eigenvalue weighted by molar-refractivity contribution is -0.122. The number of benzene rings is 1. The summed E-state index contributed by atoms with van der Waals surface area (Å²) in [4.78, 5) is 23.2. The molecule has 19 heavy (non-hydrogen) atoms. The first-order valence-corrected chi connectivity index (χ1v) is 5.99. The van der Waals surface area contributed by atoms with Crippen LogP contribution < -0.4 is 10.6 Å². The van der Waals surface area contributed by atoms with Crippen molar-refractivity contribution in [3.8, 4) is 0 Å². The Balaban J connectivity index is 2.66. The highest BCUT2D eigenvalue weighted by atomic mass is 19.1. The van der Waals surface area contributed by atoms with Crippen LogP contribution in [0.1, 0.15) is 30.6 Å². The molecule has 0 aliphatic heterocycles. The second kappa shape index (κ2) is 6.82. The number of nitrogens with one attached hydrogen (secondary N) is 2. The first kappa shape index (κ1) is 15.1. The minimum Gasteiger partial charge on any atom is -0.354 e. The number of hydrogen-bond acceptors (Lipinski definition) is 2. The van der Waals surface area contributed by atoms with E-state index in [2.05, 4.69) is 10.6 Å². The van der Waals surface area contributed by atoms with E-state index in [0.717, 1.165) is 18.6 Å². The summed E-state index contributed by atoms with van der Waals surface area (Å²) in [7, 11) is 0. The minimum absolute atomic E-state index is 0.295. The van der Waals surface area contributed by atoms with Crippen LogP contribution in [0.15, 0.2) is 18.2 Å². The van der Waals surface area contributed by atoms with Gasteiger partial charge in [-0.2, -0.15) is 0 Å². The van der Waals surface area contributed by atoms with Gasteiger partial charge in [-0.3, -0.25) is 9.59 Å². The van der Waals surface area contributed by atoms with Crippen molar-refractivity contribution >= 4 is 11.8 Å². The molecular weight excluding hydrogens is 254 g/mol. The number of carbonyl (C=O) groups excluding carboxylic acids is 2. The van der Waals surface area contributed by atoms with Crippen molar-refractivity contribution < 1.29 is 18.4 Å². The number of halogens is 2. The minimum atomic E-state index is -0.960. The van der Waals surface area contributed by atoms with E-state index in [0.29, 0.717) is 12.6 Å². The Morgan fingerprint density at radius 2 is 2.00 bits per heavy atom. The predicted molar refractivity (Wildman–Crippen MR) is 66.6 cm³/mol. The molecule has 0 unspecified atom stereocenters. The Kier molecular flexibility index (Phi) is 5.41. The zero-order valence-corrected chi connectivity index (χ0v) is 10.8. The summed E-state index contributed by atoms with van der Waals surface area (Å²) >= 11 is 0. The van der Waals surface area contributed by atoms with Crippen molar-refractivity contribution in [2.75, 3.05) is 6.54 Å². The number of hydrogen-bond donors (Lipinski definition) is 2. The third-order valence-electron chi connectivity index (χ3n) is 2.47. The lowest BCUT2D eigenvalue weighted by Crippen LogP contribution is -2.45. The van der Waals surface area contributed by atoms with E-state index in [1.54, 1.807) is 0 Å². The van der Waals surface area contributed by atoms with Gasteiger partial charge in [-0.1, -0.05) is 6.92 Å². The molecule has 1 aromatic carbocycles. The maximum Gasteiger partial charge on any atom is 0.254 e. The Morgan fingerprint density at radius 1 is 1.32 bits per heavy atom. The van der Waals surface area contributed by atoms with Crippen LogP contribution in [0.5, 0.6) is 0 Å². The van der Waals surface area contributed by atoms with E-state index in [1.165, 1.54) is 6.92 Å². The summed E-state index contributed by atoms with van der Waals surface area (Å²) in [6.45, 7) is 3.89. The molecule has 1 aromatic rings. The smallest absolute Gasteiger partial charge is 0.254 e. The SMILES string of the molecule is CCCNC(=O)[C@@H](C)NC(=O)c1ccc(F)cc1F. The van der Waals surface area contributed by atoms with Crippen molar-refractivity contribution in [1.82, 2.24) is 10.6 Å². The Bertz CT molecular complexity index is 478. The molecule has 0 spiro atoms. The topological polar surface area (TPSA) is 58.2 Å². The van der Waals surface area contributed by atoms with E-state index in [4.69, 9.17) is 0 Å². The van der Waals surface area contributed by atoms with Crippen LogP contribution >= 0.6 is 0 Å². The molecule has 4 nitrogen and oxygen atoms in total. The predicted octanol–water partition coefficient (Wildman–Crippen LogP) is 1.61. The maximum absolute atomic E-state index is 13.4. The zero-order chi connectivity index (χ0) is 14.4. The number of carbonyl (C=O) groups is 2. The Morgan fingerprint density at radius 3 is 2.58 bits per heavy atom. The summed E-state index contributed by atoms with van der Waals surface area (Å²) in [5.74, 6) is -2.82. The van der Waals surface area contributed by atoms with Gasteiger partial charge < -0.3 is 10.6 Å². The molecule has 2 N–H and O–H groups in total. The molecule has 0 aliphatic rings. The first-order valence-electron chi connectivity index (χ1n) is 5.99. The molecular formula is C13H16F2N2O2. The maximum atomic E-state index is 13.4. The third kappa shape index (κ3) is 4.31. The van der Waals surface area contributed by atoms with Crippen molar-refractivity contribution in [3.63, 3.8) is 0 Å². The summed E-state index contributed by atoms with van der Waals surface area (Å²) in [5, 5.41) is 4.96. The first-order chi connectivity index (χ1) is 8.95. The van der Waals surface area contributed by atoms with E-state index in [-0.39, 0.29) is 11.5 Å². The Labute approximate surface area is 110 Å². The highest BCUT2D eigenvalue weighted by molar-refractivity contribution is 5.97. The van der Waals surface area contributed by atoms with Crippen LogP contribution in [0, 0.1) is 11.6 Å². The van der Waals surface area contributed by atoms with E-state index in [9.17, 15) is 18.4 Å². The molecule has 2 amide bonds. The quantitative estimate of drug-likeness (QED) is 0.854. The number of amides is 2. The molecule has 0 aliphatic carbocycles. The second-order valence-electron chi connectivity index (χ2n) is 4.11. The molecule has 6 heteroatoms. The largest absolute Gasteiger partial charge is 0.354 e. The van der Waals surface area contributed by atoms with Gasteiger partial charge >= 0.3 is 0 Å². The summed E-state index contributed by atoms with van der Waals surface area (Å²) in [6, 6.07) is 1.86. The molecule has 1 atom stereocenters. The standard InChI is InChI=1S/C13H16F2N2O2/c1-3-6-16-12(18)8(2)17-13(19)10-5-4-9(14)7-11(10)15/h4-5,7-8H,3,6H2,1-2H3,(H,16,18)(H,17,19)/t8-/m1/s1. The lowest BCUT2D eigenvalue weighted by atomic mass is 10.2. The van der Waals surface area contributed by atoms with Crippen LogP contribution in [0.3, 0.4) is 0 Å². The fourth-order valence-electron chi connectivity index (χ4n) is 1.41. The summed E-state index contributed by atoms with van der Waals surface area (Å²) < 4.78 is 26.1. The molecule has 0 radical (unpaired) electrons. The lowest BCUT2D eigenvalue weighted by Gasteiger charge is -2.14. The third-order valence-corrected chi connectivity index (χ3v) is 2.47. The van der Waals surface area contributed by atoms with Gasteiger partial charge in [-0.05, 0) is 25.5 Å². The molecule has 0 aromatic heterocycles. The average Bonchev–Trinajstić information content (AvgIpc) is 2.35. The van der Waals surface area contributed by atoms with Crippen LogP contribution in [0.4, 0.5) is 8.78 Å². The van der Waals surface area contributed by atoms with Crippen LogP contribution in [-0.4, -0.2) is 24.4 Å². The van der Waals surface area contributed by atoms with Gasteiger partial charge in [0.05, 0.1) is 5.56 Å². The van der Waals surface area contributed by atoms with Crippen molar-refractivity contribution in [1.29, 1.82) is 0 Å². The second-order valence-corrected chi connectivity index (χ2v) is 4.11. The van der Waals surface area contributed by atoms with Crippen LogP contribution in [0.2, 0.25) is 0 Å². The molecule has 0 bridgehead atoms. The van der Waals surface area contributed by atoms with Gasteiger partial charge in [0, 0.05) is 12.6 Å². The van der Waals surface area contributed by atoms with Crippen molar-refractivity contribution in [2.24, 2.45) is 0 Å². The van der Waals surface area contributed by atoms with Gasteiger partial charge in [-0.25, -0.2) is 8.78 Å². The normalized spacial score (nSPS) is 11.8. The fourth-order valence-corrected chi connectivity index (χ4v) is 1.41. The number of rotatable bonds is 5. The molecule has 0 saturated carbocycles. The van der Waals surface area contributed by atoms with Crippen LogP contribution in [-0.2, 0) is 4.79 Å². The monoisotopic (exact) mass is 270 g/mol. The molecule has 1 rings (SSSR count). The highest BCUT2D eigenvalue weighted by Crippen LogP contribution is 2.09. The van der Waals surface area contributed by atoms with Crippen molar-refractivity contribution in [2.45, 2.75) is 26.3 Å². The van der Waals surface area contributed by atoms with Crippen LogP contribution in [0.25, 0.3) is 0 Å². The van der Waals surface area contributed by atoms with E-state index < -0.39 is 23.6 Å². The van der Waals surface area contributed by atoms with Gasteiger partial charge in [0.2, 0.25) is 5.91 Å². The average molecular weight is 270 g/mol. The Hall–Kier alpha value is -1.98. The van der Waals surface area contributed by atoms with Gasteiger partial charge in [0.25, 0.3) is 5.91 Å². The van der Waals surface area contributed by atoms with Gasteiger partial charge in [0.15, 0.2) is 0 Å². The summed E-state index contributed by atoms with van der Waals surface area (Å²) in [5.41, 5.74) is -0.295. The van der Waals surface area contributed by atoms with Gasteiger partial charge in [0.1, 0.15) is 17.7 Å². The van der Waals surface area contributed by atoms with E-state index >= 15 is 0 Å². The van der Waals surface area contributed by atoms with Gasteiger partial charge in [-0.15, -0.1) is 0 Å². The molecule has 104 valence electrons. The summed E-state index contributed by atoms with van der Waals surface area (Å²) in [6.07, 6.45) is 0.777. The fraction of sp³-hybridized carbons (Fsp3) is 0.385. The zero-order valence-electron chi connectivity index (χ0n) is 10.8. The van der Waals surface area contributed by atoms with Crippen molar-refractivity contribution in [3.05, 3.63) is 35.4 Å². The molecule has 0 fully saturated rings. The van der Waals surface area contributed by atoms with E-state index in [1.807, 2.05) is 6.92 Å². The highest BCUT2D eigenvalue weighted by Gasteiger charge is 2.18. The molecule has 0 heterocycles. The molecule has 0 saturated heterocycles.